The number of hydrogen-bond acceptors (Lipinski definition) is 4. The van der Waals surface area contributed by atoms with Gasteiger partial charge in [-0.25, -0.2) is 0 Å². The Morgan fingerprint density at radius 2 is 1.38 bits per heavy atom. The molecule has 0 fully saturated rings. The fraction of sp³-hybridized carbons (Fsp3) is 0.704. The lowest BCUT2D eigenvalue weighted by atomic mass is 9.99. The fourth-order valence-corrected chi connectivity index (χ4v) is 3.97. The third kappa shape index (κ3) is 15.0. The van der Waals surface area contributed by atoms with Gasteiger partial charge in [-0.15, -0.1) is 0 Å². The highest BCUT2D eigenvalue weighted by Crippen LogP contribution is 2.21. The summed E-state index contributed by atoms with van der Waals surface area (Å²) < 4.78 is 12.0. The Morgan fingerprint density at radius 1 is 0.812 bits per heavy atom. The monoisotopic (exact) mass is 448 g/mol. The summed E-state index contributed by atoms with van der Waals surface area (Å²) in [5, 5.41) is 8.74. The number of hydrogen-bond donors (Lipinski definition) is 1. The summed E-state index contributed by atoms with van der Waals surface area (Å²) in [5.74, 6) is -0.985. The summed E-state index contributed by atoms with van der Waals surface area (Å²) in [7, 11) is 0. The summed E-state index contributed by atoms with van der Waals surface area (Å²) in [6.07, 6.45) is 13.5. The Morgan fingerprint density at radius 3 is 1.97 bits per heavy atom. The lowest BCUT2D eigenvalue weighted by Crippen LogP contribution is -2.33. The van der Waals surface area contributed by atoms with Crippen molar-refractivity contribution in [1.29, 1.82) is 0 Å². The van der Waals surface area contributed by atoms with Crippen LogP contribution in [0, 0.1) is 0 Å². The van der Waals surface area contributed by atoms with Gasteiger partial charge in [0.05, 0.1) is 12.7 Å². The van der Waals surface area contributed by atoms with Crippen LogP contribution in [0.25, 0.3) is 0 Å². The molecule has 2 atom stereocenters. The maximum absolute atomic E-state index is 11.8. The first-order valence-corrected chi connectivity index (χ1v) is 12.6. The van der Waals surface area contributed by atoms with Crippen molar-refractivity contribution in [2.24, 2.45) is 0 Å². The molecule has 2 unspecified atom stereocenters. The van der Waals surface area contributed by atoms with Crippen molar-refractivity contribution >= 4 is 11.9 Å². The number of carbonyl (C=O) groups excluding carboxylic acids is 1. The molecule has 0 bridgehead atoms. The Kier molecular flexibility index (Phi) is 16.4. The minimum atomic E-state index is -0.729. The highest BCUT2D eigenvalue weighted by atomic mass is 16.6. The van der Waals surface area contributed by atoms with E-state index in [9.17, 15) is 9.59 Å². The van der Waals surface area contributed by atoms with Crippen molar-refractivity contribution in [1.82, 2.24) is 0 Å². The fourth-order valence-electron chi connectivity index (χ4n) is 3.97. The number of carboxylic acid groups (broad SMARTS) is 1. The molecule has 0 saturated carbocycles. The van der Waals surface area contributed by atoms with Crippen LogP contribution in [0.3, 0.4) is 0 Å². The van der Waals surface area contributed by atoms with Crippen molar-refractivity contribution in [2.75, 3.05) is 0 Å². The van der Waals surface area contributed by atoms with E-state index in [0.29, 0.717) is 6.61 Å². The maximum atomic E-state index is 11.8. The molecule has 0 aliphatic heterocycles. The predicted octanol–water partition coefficient (Wildman–Crippen LogP) is 7.07. The summed E-state index contributed by atoms with van der Waals surface area (Å²) in [5.41, 5.74) is 1.13. The van der Waals surface area contributed by atoms with Crippen molar-refractivity contribution < 1.29 is 24.2 Å². The number of carboxylic acids is 1. The van der Waals surface area contributed by atoms with Gasteiger partial charge in [0.2, 0.25) is 0 Å². The highest BCUT2D eigenvalue weighted by Gasteiger charge is 2.24. The van der Waals surface area contributed by atoms with Crippen LogP contribution in [0.5, 0.6) is 0 Å². The number of unbranched alkanes of at least 4 members (excludes halogenated alkanes) is 9. The summed E-state index contributed by atoms with van der Waals surface area (Å²) >= 11 is 0. The predicted molar refractivity (Wildman–Crippen MR) is 129 cm³/mol. The Balaban J connectivity index is 2.56. The van der Waals surface area contributed by atoms with E-state index in [2.05, 4.69) is 19.1 Å². The molecule has 5 heteroatoms. The molecule has 0 radical (unpaired) electrons. The Bertz CT molecular complexity index is 601. The first-order valence-electron chi connectivity index (χ1n) is 12.6. The van der Waals surface area contributed by atoms with Gasteiger partial charge in [-0.2, -0.15) is 0 Å². The standard InChI is InChI=1S/C27H44O5/c1-3-4-5-6-8-14-19-25(31-22-24-17-12-11-13-18-24)26(32-23(2)28)20-15-9-7-10-16-21-27(29)30/h11-13,17-18,25-26H,3-10,14-16,19-22H2,1-2H3,(H,29,30). The van der Waals surface area contributed by atoms with E-state index < -0.39 is 5.97 Å². The van der Waals surface area contributed by atoms with Crippen LogP contribution in [0.2, 0.25) is 0 Å². The lowest BCUT2D eigenvalue weighted by molar-refractivity contribution is -0.157. The third-order valence-corrected chi connectivity index (χ3v) is 5.76. The van der Waals surface area contributed by atoms with E-state index in [4.69, 9.17) is 14.6 Å². The van der Waals surface area contributed by atoms with E-state index in [-0.39, 0.29) is 24.6 Å². The molecule has 0 saturated heterocycles. The van der Waals surface area contributed by atoms with Crippen LogP contribution < -0.4 is 0 Å². The number of benzene rings is 1. The van der Waals surface area contributed by atoms with Gasteiger partial charge in [-0.1, -0.05) is 95.0 Å². The zero-order valence-corrected chi connectivity index (χ0v) is 20.2. The molecule has 1 rings (SSSR count). The average Bonchev–Trinajstić information content (AvgIpc) is 2.77. The molecule has 0 aromatic heterocycles. The lowest BCUT2D eigenvalue weighted by Gasteiger charge is -2.27. The van der Waals surface area contributed by atoms with E-state index in [1.807, 2.05) is 18.2 Å². The van der Waals surface area contributed by atoms with Crippen molar-refractivity contribution in [3.8, 4) is 0 Å². The van der Waals surface area contributed by atoms with Gasteiger partial charge in [0, 0.05) is 13.3 Å². The number of rotatable bonds is 20. The van der Waals surface area contributed by atoms with Gasteiger partial charge < -0.3 is 14.6 Å². The minimum Gasteiger partial charge on any atom is -0.481 e. The third-order valence-electron chi connectivity index (χ3n) is 5.76. The summed E-state index contributed by atoms with van der Waals surface area (Å²) in [6, 6.07) is 10.1. The zero-order chi connectivity index (χ0) is 23.4. The van der Waals surface area contributed by atoms with E-state index in [1.54, 1.807) is 0 Å². The van der Waals surface area contributed by atoms with E-state index >= 15 is 0 Å². The first-order chi connectivity index (χ1) is 15.5. The van der Waals surface area contributed by atoms with Crippen LogP contribution in [0.4, 0.5) is 0 Å². The number of ether oxygens (including phenoxy) is 2. The summed E-state index contributed by atoms with van der Waals surface area (Å²) in [4.78, 5) is 22.4. The first kappa shape index (κ1) is 28.2. The van der Waals surface area contributed by atoms with Gasteiger partial charge in [0.15, 0.2) is 0 Å². The molecule has 0 spiro atoms. The molecule has 0 amide bonds. The van der Waals surface area contributed by atoms with Gasteiger partial charge in [0.1, 0.15) is 6.10 Å². The molecule has 0 aliphatic carbocycles. The molecule has 1 N–H and O–H groups in total. The second-order valence-electron chi connectivity index (χ2n) is 8.74. The summed E-state index contributed by atoms with van der Waals surface area (Å²) in [6.45, 7) is 4.22. The average molecular weight is 449 g/mol. The molecule has 5 nitrogen and oxygen atoms in total. The highest BCUT2D eigenvalue weighted by molar-refractivity contribution is 5.66. The SMILES string of the molecule is CCCCCCCCC(OCc1ccccc1)C(CCCCCCCC(=O)O)OC(C)=O. The van der Waals surface area contributed by atoms with Gasteiger partial charge in [-0.05, 0) is 31.2 Å². The van der Waals surface area contributed by atoms with Crippen molar-refractivity contribution in [2.45, 2.75) is 123 Å². The van der Waals surface area contributed by atoms with Gasteiger partial charge in [0.25, 0.3) is 0 Å². The second kappa shape index (κ2) is 18.7. The number of carbonyl (C=O) groups is 2. The zero-order valence-electron chi connectivity index (χ0n) is 20.2. The Labute approximate surface area is 194 Å². The largest absolute Gasteiger partial charge is 0.481 e. The van der Waals surface area contributed by atoms with Crippen LogP contribution in [-0.2, 0) is 25.7 Å². The Hall–Kier alpha value is -1.88. The molecule has 32 heavy (non-hydrogen) atoms. The van der Waals surface area contributed by atoms with Gasteiger partial charge >= 0.3 is 11.9 Å². The van der Waals surface area contributed by atoms with Crippen molar-refractivity contribution in [3.63, 3.8) is 0 Å². The smallest absolute Gasteiger partial charge is 0.303 e. The van der Waals surface area contributed by atoms with Crippen LogP contribution >= 0.6 is 0 Å². The normalized spacial score (nSPS) is 12.9. The molecular formula is C27H44O5. The minimum absolute atomic E-state index is 0.0997. The molecule has 1 aromatic rings. The second-order valence-corrected chi connectivity index (χ2v) is 8.74. The molecule has 1 aromatic carbocycles. The van der Waals surface area contributed by atoms with Crippen molar-refractivity contribution in [3.05, 3.63) is 35.9 Å². The molecule has 0 aliphatic rings. The van der Waals surface area contributed by atoms with Crippen LogP contribution in [-0.4, -0.2) is 29.3 Å². The van der Waals surface area contributed by atoms with Gasteiger partial charge in [-0.3, -0.25) is 9.59 Å². The van der Waals surface area contributed by atoms with E-state index in [0.717, 1.165) is 56.9 Å². The number of aliphatic carboxylic acids is 1. The quantitative estimate of drug-likeness (QED) is 0.171. The van der Waals surface area contributed by atoms with E-state index in [1.165, 1.54) is 39.0 Å². The maximum Gasteiger partial charge on any atom is 0.303 e. The topological polar surface area (TPSA) is 72.8 Å². The van der Waals surface area contributed by atoms with Crippen LogP contribution in [0.15, 0.2) is 30.3 Å². The number of esters is 1. The van der Waals surface area contributed by atoms with Crippen LogP contribution in [0.1, 0.15) is 109 Å². The molecule has 0 heterocycles. The molecule has 182 valence electrons. The molecular weight excluding hydrogens is 404 g/mol.